The van der Waals surface area contributed by atoms with Crippen LogP contribution in [0, 0.1) is 0 Å². The van der Waals surface area contributed by atoms with Crippen molar-refractivity contribution in [3.63, 3.8) is 0 Å². The summed E-state index contributed by atoms with van der Waals surface area (Å²) < 4.78 is 16.3. The Morgan fingerprint density at radius 1 is 0.771 bits per heavy atom. The summed E-state index contributed by atoms with van der Waals surface area (Å²) in [7, 11) is 0. The van der Waals surface area contributed by atoms with Crippen LogP contribution >= 0.6 is 11.6 Å². The molecule has 0 atom stereocenters. The van der Waals surface area contributed by atoms with E-state index < -0.39 is 19.2 Å². The van der Waals surface area contributed by atoms with Crippen LogP contribution in [0.4, 0.5) is 5.69 Å². The third-order valence-electron chi connectivity index (χ3n) is 6.75. The molecule has 0 amide bonds. The van der Waals surface area contributed by atoms with Gasteiger partial charge in [0.25, 0.3) is 0 Å². The number of halogens is 1. The number of hydrogen-bond acceptors (Lipinski definition) is 3. The molecule has 0 aliphatic carbocycles. The average molecular weight is 589 g/mol. The summed E-state index contributed by atoms with van der Waals surface area (Å²) in [4.78, 5) is 4.90. The molecule has 5 heteroatoms. The Labute approximate surface area is 217 Å². The van der Waals surface area contributed by atoms with Gasteiger partial charge in [0.2, 0.25) is 0 Å². The van der Waals surface area contributed by atoms with E-state index in [2.05, 4.69) is 63.2 Å². The van der Waals surface area contributed by atoms with Gasteiger partial charge in [0, 0.05) is 0 Å². The molecular weight excluding hydrogens is 560 g/mol. The van der Waals surface area contributed by atoms with Crippen LogP contribution in [-0.4, -0.2) is 25.4 Å². The van der Waals surface area contributed by atoms with E-state index in [0.717, 1.165) is 36.3 Å². The minimum absolute atomic E-state index is 0.0277. The first-order chi connectivity index (χ1) is 16.9. The predicted octanol–water partition coefficient (Wildman–Crippen LogP) is 6.81. The normalized spacial score (nSPS) is 14.4. The second kappa shape index (κ2) is 9.71. The summed E-state index contributed by atoms with van der Waals surface area (Å²) in [5.74, 6) is 1.46. The molecule has 3 nitrogen and oxygen atoms in total. The topological polar surface area (TPSA) is 30.8 Å². The molecule has 5 rings (SSSR count). The number of nitrogens with zero attached hydrogens (tertiary/aromatic N) is 1. The Morgan fingerprint density at radius 3 is 2.00 bits per heavy atom. The molecule has 4 aromatic rings. The fraction of sp³-hybridized carbons (Fsp3) is 0.167. The molecule has 0 radical (unpaired) electrons. The first-order valence-electron chi connectivity index (χ1n) is 11.9. The Bertz CT molecular complexity index is 1330. The van der Waals surface area contributed by atoms with Crippen LogP contribution in [0.3, 0.4) is 0 Å². The van der Waals surface area contributed by atoms with Crippen LogP contribution in [0.2, 0.25) is 5.02 Å². The van der Waals surface area contributed by atoms with Gasteiger partial charge < -0.3 is 0 Å². The van der Waals surface area contributed by atoms with E-state index in [1.807, 2.05) is 60.8 Å². The molecule has 4 aromatic carbocycles. The molecule has 1 heterocycles. The molecule has 0 saturated heterocycles. The van der Waals surface area contributed by atoms with Crippen molar-refractivity contribution in [2.45, 2.75) is 32.6 Å². The summed E-state index contributed by atoms with van der Waals surface area (Å²) in [6.07, 6.45) is 2.86. The summed E-state index contributed by atoms with van der Waals surface area (Å²) in [5, 5.41) is 0.639. The molecule has 0 unspecified atom stereocenters. The van der Waals surface area contributed by atoms with Gasteiger partial charge in [0.15, 0.2) is 0 Å². The molecule has 0 aromatic heterocycles. The first kappa shape index (κ1) is 24.0. The molecular formula is C30H28ClNO2Sn. The quantitative estimate of drug-likeness (QED) is 0.246. The predicted molar refractivity (Wildman–Crippen MR) is 148 cm³/mol. The zero-order valence-corrected chi connectivity index (χ0v) is 23.8. The van der Waals surface area contributed by atoms with Gasteiger partial charge in [-0.1, -0.05) is 0 Å². The number of benzene rings is 4. The van der Waals surface area contributed by atoms with Crippen molar-refractivity contribution in [3.8, 4) is 11.5 Å². The fourth-order valence-corrected chi connectivity index (χ4v) is 13.2. The molecule has 35 heavy (non-hydrogen) atoms. The van der Waals surface area contributed by atoms with Gasteiger partial charge in [-0.3, -0.25) is 0 Å². The molecule has 0 saturated carbocycles. The van der Waals surface area contributed by atoms with E-state index >= 15 is 0 Å². The van der Waals surface area contributed by atoms with E-state index in [1.54, 1.807) is 0 Å². The summed E-state index contributed by atoms with van der Waals surface area (Å²) in [6, 6.07) is 32.7. The molecule has 1 aliphatic rings. The monoisotopic (exact) mass is 589 g/mol. The van der Waals surface area contributed by atoms with Crippen LogP contribution in [0.15, 0.2) is 102 Å². The van der Waals surface area contributed by atoms with E-state index in [1.165, 1.54) is 5.56 Å². The zero-order chi connectivity index (χ0) is 24.5. The number of rotatable bonds is 4. The molecule has 0 fully saturated rings. The van der Waals surface area contributed by atoms with Gasteiger partial charge in [-0.05, 0) is 0 Å². The summed E-state index contributed by atoms with van der Waals surface area (Å²) in [5.41, 5.74) is 2.89. The van der Waals surface area contributed by atoms with Crippen molar-refractivity contribution in [1.29, 1.82) is 0 Å². The van der Waals surface area contributed by atoms with Gasteiger partial charge in [-0.25, -0.2) is 0 Å². The van der Waals surface area contributed by atoms with Gasteiger partial charge in [0.05, 0.1) is 0 Å². The first-order valence-corrected chi connectivity index (χ1v) is 17.4. The van der Waals surface area contributed by atoms with Gasteiger partial charge >= 0.3 is 218 Å². The third-order valence-corrected chi connectivity index (χ3v) is 16.1. The van der Waals surface area contributed by atoms with Crippen molar-refractivity contribution in [2.24, 2.45) is 4.99 Å². The van der Waals surface area contributed by atoms with E-state index in [-0.39, 0.29) is 5.41 Å². The van der Waals surface area contributed by atoms with Crippen LogP contribution < -0.4 is 13.3 Å². The third kappa shape index (κ3) is 4.72. The van der Waals surface area contributed by atoms with Gasteiger partial charge in [-0.2, -0.15) is 0 Å². The molecule has 1 aliphatic heterocycles. The standard InChI is InChI=1S/C18H20ClNO2.2C6H5.Sn/c1-4-18(2,3)13-5-7-17(22)15(10-13)20-11-12-9-14(19)6-8-16(12)21;2*1-2-4-6-5-3-1;/h5-11,21-22H,4H2,1-3H3;2*1-5H;/q;;;+2/p-2. The fourth-order valence-electron chi connectivity index (χ4n) is 4.23. The van der Waals surface area contributed by atoms with Crippen molar-refractivity contribution >= 4 is 49.9 Å². The minimum atomic E-state index is -4.30. The Morgan fingerprint density at radius 2 is 1.37 bits per heavy atom. The van der Waals surface area contributed by atoms with Crippen LogP contribution in [-0.2, 0) is 5.41 Å². The van der Waals surface area contributed by atoms with Crippen molar-refractivity contribution < 1.29 is 6.15 Å². The van der Waals surface area contributed by atoms with Crippen molar-refractivity contribution in [1.82, 2.24) is 0 Å². The SMILES string of the molecule is CCC(C)(C)c1ccc2c(c1)N=Cc1cc(Cl)ccc1[O][Sn]([c]1ccccc1)([c]1ccccc1)[O]2. The average Bonchev–Trinajstić information content (AvgIpc) is 2.96. The number of aliphatic imine (C=N–C) groups is 1. The Balaban J connectivity index is 1.80. The van der Waals surface area contributed by atoms with Crippen molar-refractivity contribution in [3.05, 3.63) is 113 Å². The van der Waals surface area contributed by atoms with Crippen LogP contribution in [0.25, 0.3) is 0 Å². The Hall–Kier alpha value is -2.76. The second-order valence-electron chi connectivity index (χ2n) is 9.41. The summed E-state index contributed by atoms with van der Waals surface area (Å²) in [6.45, 7) is 6.72. The van der Waals surface area contributed by atoms with Crippen LogP contribution in [0.5, 0.6) is 11.5 Å². The van der Waals surface area contributed by atoms with E-state index in [0.29, 0.717) is 5.02 Å². The van der Waals surface area contributed by atoms with Gasteiger partial charge in [-0.15, -0.1) is 0 Å². The Kier molecular flexibility index (Phi) is 6.65. The van der Waals surface area contributed by atoms with E-state index in [9.17, 15) is 0 Å². The van der Waals surface area contributed by atoms with Crippen molar-refractivity contribution in [2.75, 3.05) is 0 Å². The summed E-state index contributed by atoms with van der Waals surface area (Å²) >= 11 is 2.09. The van der Waals surface area contributed by atoms with E-state index in [4.69, 9.17) is 22.7 Å². The van der Waals surface area contributed by atoms with Crippen LogP contribution in [0.1, 0.15) is 38.3 Å². The van der Waals surface area contributed by atoms with Gasteiger partial charge in [0.1, 0.15) is 0 Å². The molecule has 0 N–H and O–H groups in total. The molecule has 0 spiro atoms. The maximum absolute atomic E-state index is 7.11. The second-order valence-corrected chi connectivity index (χ2v) is 17.8. The number of hydrogen-bond donors (Lipinski definition) is 0. The maximum atomic E-state index is 7.11. The zero-order valence-electron chi connectivity index (χ0n) is 20.2. The molecule has 176 valence electrons. The number of fused-ring (bicyclic) bond motifs is 2. The molecule has 0 bridgehead atoms.